The second kappa shape index (κ2) is 6.01. The van der Waals surface area contributed by atoms with Crippen LogP contribution in [0.1, 0.15) is 36.0 Å². The van der Waals surface area contributed by atoms with Crippen LogP contribution in [-0.4, -0.2) is 20.1 Å². The Kier molecular flexibility index (Phi) is 3.42. The van der Waals surface area contributed by atoms with Gasteiger partial charge in [-0.15, -0.1) is 0 Å². The van der Waals surface area contributed by atoms with E-state index in [0.717, 1.165) is 56.0 Å². The van der Waals surface area contributed by atoms with Crippen molar-refractivity contribution in [1.82, 2.24) is 20.1 Å². The van der Waals surface area contributed by atoms with Crippen molar-refractivity contribution in [3.05, 3.63) is 66.1 Å². The Balaban J connectivity index is 1.69. The Bertz CT molecular complexity index is 1370. The second-order valence-electron chi connectivity index (χ2n) is 7.92. The molecule has 1 aliphatic rings. The summed E-state index contributed by atoms with van der Waals surface area (Å²) >= 11 is 0. The Hall–Kier alpha value is -3.47. The van der Waals surface area contributed by atoms with Gasteiger partial charge in [-0.1, -0.05) is 23.4 Å². The monoisotopic (exact) mass is 380 g/mol. The van der Waals surface area contributed by atoms with Gasteiger partial charge in [0.25, 0.3) is 0 Å². The minimum atomic E-state index is 0.564. The van der Waals surface area contributed by atoms with Crippen molar-refractivity contribution < 1.29 is 4.52 Å². The lowest BCUT2D eigenvalue weighted by Crippen LogP contribution is -1.88. The lowest BCUT2D eigenvalue weighted by atomic mass is 9.94. The summed E-state index contributed by atoms with van der Waals surface area (Å²) in [5.41, 5.74) is 7.42. The maximum atomic E-state index is 5.45. The minimum Gasteiger partial charge on any atom is -0.361 e. The summed E-state index contributed by atoms with van der Waals surface area (Å²) in [4.78, 5) is 12.9. The summed E-state index contributed by atoms with van der Waals surface area (Å²) in [6.45, 7) is 3.95. The van der Waals surface area contributed by atoms with Crippen molar-refractivity contribution in [3.63, 3.8) is 0 Å². The number of H-pyrrole nitrogens is 1. The van der Waals surface area contributed by atoms with Gasteiger partial charge in [-0.3, -0.25) is 4.98 Å². The molecule has 0 unspecified atom stereocenters. The fourth-order valence-corrected chi connectivity index (χ4v) is 4.29. The third kappa shape index (κ3) is 2.58. The molecule has 1 N–H and O–H groups in total. The Morgan fingerprint density at radius 1 is 1.07 bits per heavy atom. The summed E-state index contributed by atoms with van der Waals surface area (Å²) in [6.07, 6.45) is 6.19. The molecule has 0 spiro atoms. The number of hydrogen-bond donors (Lipinski definition) is 1. The van der Waals surface area contributed by atoms with E-state index in [1.165, 1.54) is 18.2 Å². The number of nitrogens with one attached hydrogen (secondary N) is 1. The number of aryl methyl sites for hydroxylation is 2. The third-order valence-corrected chi connectivity index (χ3v) is 5.86. The molecule has 0 bridgehead atoms. The highest BCUT2D eigenvalue weighted by atomic mass is 16.5. The molecule has 5 heteroatoms. The normalized spacial score (nSPS) is 14.1. The molecule has 0 aliphatic heterocycles. The highest BCUT2D eigenvalue weighted by Gasteiger charge is 2.28. The molecule has 1 aliphatic carbocycles. The van der Waals surface area contributed by atoms with Crippen LogP contribution in [0, 0.1) is 13.8 Å². The van der Waals surface area contributed by atoms with E-state index in [4.69, 9.17) is 9.51 Å². The Morgan fingerprint density at radius 2 is 1.97 bits per heavy atom. The summed E-state index contributed by atoms with van der Waals surface area (Å²) in [6, 6.07) is 12.8. The molecule has 29 heavy (non-hydrogen) atoms. The Labute approximate surface area is 167 Å². The predicted octanol–water partition coefficient (Wildman–Crippen LogP) is 5.93. The SMILES string of the molecule is Cc1noc(C)c1-c1cc(-c2cccc3cnccc23)c2nc(C3CC3)[nH]c2c1. The number of aromatic nitrogens is 4. The number of rotatable bonds is 3. The van der Waals surface area contributed by atoms with Crippen LogP contribution >= 0.6 is 0 Å². The standard InChI is InChI=1S/C24H20N4O/c1-13-22(14(2)29-28-13)17-10-20(19-5-3-4-16-12-25-9-8-18(16)19)23-21(11-17)26-24(27-23)15-6-7-15/h3-5,8-12,15H,6-7H2,1-2H3,(H,26,27). The zero-order valence-electron chi connectivity index (χ0n) is 16.4. The van der Waals surface area contributed by atoms with Crippen molar-refractivity contribution in [3.8, 4) is 22.3 Å². The average Bonchev–Trinajstić information content (AvgIpc) is 3.42. The van der Waals surface area contributed by atoms with Crippen molar-refractivity contribution in [1.29, 1.82) is 0 Å². The largest absolute Gasteiger partial charge is 0.361 e. The zero-order valence-corrected chi connectivity index (χ0v) is 16.4. The van der Waals surface area contributed by atoms with Crippen LogP contribution in [0.15, 0.2) is 53.3 Å². The van der Waals surface area contributed by atoms with Gasteiger partial charge in [0.2, 0.25) is 0 Å². The van der Waals surface area contributed by atoms with Crippen molar-refractivity contribution in [2.75, 3.05) is 0 Å². The van der Waals surface area contributed by atoms with Gasteiger partial charge in [-0.05, 0) is 61.4 Å². The van der Waals surface area contributed by atoms with Gasteiger partial charge in [0.1, 0.15) is 11.6 Å². The molecular formula is C24H20N4O. The van der Waals surface area contributed by atoms with Gasteiger partial charge in [0.05, 0.1) is 16.7 Å². The topological polar surface area (TPSA) is 67.6 Å². The van der Waals surface area contributed by atoms with Gasteiger partial charge in [-0.25, -0.2) is 4.98 Å². The molecule has 6 rings (SSSR count). The molecule has 3 aromatic heterocycles. The van der Waals surface area contributed by atoms with Gasteiger partial charge in [0.15, 0.2) is 0 Å². The third-order valence-electron chi connectivity index (χ3n) is 5.86. The number of benzene rings is 2. The Morgan fingerprint density at radius 3 is 2.76 bits per heavy atom. The van der Waals surface area contributed by atoms with Gasteiger partial charge < -0.3 is 9.51 Å². The first kappa shape index (κ1) is 16.5. The van der Waals surface area contributed by atoms with E-state index in [1.54, 1.807) is 0 Å². The number of pyridine rings is 1. The molecule has 0 radical (unpaired) electrons. The fourth-order valence-electron chi connectivity index (χ4n) is 4.29. The minimum absolute atomic E-state index is 0.564. The van der Waals surface area contributed by atoms with E-state index in [2.05, 4.69) is 51.5 Å². The van der Waals surface area contributed by atoms with Crippen LogP contribution in [0.2, 0.25) is 0 Å². The highest BCUT2D eigenvalue weighted by Crippen LogP contribution is 2.42. The summed E-state index contributed by atoms with van der Waals surface area (Å²) in [5.74, 6) is 2.49. The molecule has 1 saturated carbocycles. The molecule has 5 aromatic rings. The van der Waals surface area contributed by atoms with Crippen LogP contribution in [-0.2, 0) is 0 Å². The van der Waals surface area contributed by atoms with Crippen LogP contribution in [0.4, 0.5) is 0 Å². The van der Waals surface area contributed by atoms with E-state index in [0.29, 0.717) is 5.92 Å². The smallest absolute Gasteiger partial charge is 0.141 e. The fraction of sp³-hybridized carbons (Fsp3) is 0.208. The van der Waals surface area contributed by atoms with Gasteiger partial charge in [-0.2, -0.15) is 0 Å². The first-order valence-electron chi connectivity index (χ1n) is 9.99. The molecule has 1 fully saturated rings. The van der Waals surface area contributed by atoms with E-state index >= 15 is 0 Å². The van der Waals surface area contributed by atoms with Crippen LogP contribution in [0.5, 0.6) is 0 Å². The van der Waals surface area contributed by atoms with E-state index in [9.17, 15) is 0 Å². The lowest BCUT2D eigenvalue weighted by Gasteiger charge is -2.10. The van der Waals surface area contributed by atoms with E-state index < -0.39 is 0 Å². The molecule has 3 heterocycles. The summed E-state index contributed by atoms with van der Waals surface area (Å²) < 4.78 is 5.45. The molecular weight excluding hydrogens is 360 g/mol. The predicted molar refractivity (Wildman–Crippen MR) is 114 cm³/mol. The van der Waals surface area contributed by atoms with Crippen molar-refractivity contribution in [2.24, 2.45) is 0 Å². The van der Waals surface area contributed by atoms with Crippen LogP contribution < -0.4 is 0 Å². The van der Waals surface area contributed by atoms with Gasteiger partial charge in [0, 0.05) is 34.8 Å². The molecule has 142 valence electrons. The first-order valence-corrected chi connectivity index (χ1v) is 9.99. The highest BCUT2D eigenvalue weighted by molar-refractivity contribution is 6.05. The molecule has 5 nitrogen and oxygen atoms in total. The molecule has 0 amide bonds. The average molecular weight is 380 g/mol. The number of nitrogens with zero attached hydrogens (tertiary/aromatic N) is 3. The number of hydrogen-bond acceptors (Lipinski definition) is 4. The molecule has 2 aromatic carbocycles. The first-order chi connectivity index (χ1) is 14.2. The quantitative estimate of drug-likeness (QED) is 0.421. The van der Waals surface area contributed by atoms with E-state index in [1.807, 2.05) is 26.2 Å². The van der Waals surface area contributed by atoms with Crippen LogP contribution in [0.3, 0.4) is 0 Å². The van der Waals surface area contributed by atoms with Crippen molar-refractivity contribution in [2.45, 2.75) is 32.6 Å². The molecule has 0 atom stereocenters. The maximum Gasteiger partial charge on any atom is 0.141 e. The lowest BCUT2D eigenvalue weighted by molar-refractivity contribution is 0.393. The van der Waals surface area contributed by atoms with Crippen molar-refractivity contribution >= 4 is 21.8 Å². The number of fused-ring (bicyclic) bond motifs is 2. The zero-order chi connectivity index (χ0) is 19.5. The van der Waals surface area contributed by atoms with Crippen LogP contribution in [0.25, 0.3) is 44.1 Å². The van der Waals surface area contributed by atoms with E-state index in [-0.39, 0.29) is 0 Å². The number of aromatic amines is 1. The summed E-state index contributed by atoms with van der Waals surface area (Å²) in [5, 5.41) is 6.46. The molecule has 0 saturated heterocycles. The van der Waals surface area contributed by atoms with Gasteiger partial charge >= 0.3 is 0 Å². The number of imidazole rings is 1. The summed E-state index contributed by atoms with van der Waals surface area (Å²) in [7, 11) is 0. The maximum absolute atomic E-state index is 5.45. The second-order valence-corrected chi connectivity index (χ2v) is 7.92.